The van der Waals surface area contributed by atoms with Gasteiger partial charge in [0.2, 0.25) is 0 Å². The molecule has 142 valence electrons. The van der Waals surface area contributed by atoms with Crippen LogP contribution in [0.1, 0.15) is 27.4 Å². The Morgan fingerprint density at radius 1 is 1.15 bits per heavy atom. The van der Waals surface area contributed by atoms with Gasteiger partial charge in [-0.05, 0) is 31.9 Å². The molecule has 0 bridgehead atoms. The number of hydrogen-bond acceptors (Lipinski definition) is 6. The van der Waals surface area contributed by atoms with Crippen molar-refractivity contribution in [3.63, 3.8) is 0 Å². The van der Waals surface area contributed by atoms with Gasteiger partial charge in [0.05, 0.1) is 19.8 Å². The molecule has 4 nitrogen and oxygen atoms in total. The van der Waals surface area contributed by atoms with Gasteiger partial charge in [0.15, 0.2) is 0 Å². The molecule has 2 aromatic heterocycles. The van der Waals surface area contributed by atoms with E-state index in [1.165, 1.54) is 27.0 Å². The van der Waals surface area contributed by atoms with Gasteiger partial charge in [-0.1, -0.05) is 29.8 Å². The molecular formula is C21H25N3OS2. The van der Waals surface area contributed by atoms with Gasteiger partial charge in [0.1, 0.15) is 15.7 Å². The summed E-state index contributed by atoms with van der Waals surface area (Å²) < 4.78 is 5.46. The summed E-state index contributed by atoms with van der Waals surface area (Å²) in [5, 5.41) is 2.35. The van der Waals surface area contributed by atoms with Gasteiger partial charge in [0, 0.05) is 29.1 Å². The van der Waals surface area contributed by atoms with Crippen LogP contribution in [0.2, 0.25) is 0 Å². The van der Waals surface area contributed by atoms with Crippen LogP contribution in [0.5, 0.6) is 0 Å². The predicted molar refractivity (Wildman–Crippen MR) is 114 cm³/mol. The minimum atomic E-state index is 0.799. The van der Waals surface area contributed by atoms with E-state index in [1.807, 2.05) is 11.8 Å². The van der Waals surface area contributed by atoms with Crippen molar-refractivity contribution in [1.82, 2.24) is 14.9 Å². The summed E-state index contributed by atoms with van der Waals surface area (Å²) in [6, 6.07) is 8.72. The highest BCUT2D eigenvalue weighted by atomic mass is 32.2. The zero-order valence-electron chi connectivity index (χ0n) is 16.1. The van der Waals surface area contributed by atoms with Crippen molar-refractivity contribution in [2.75, 3.05) is 26.3 Å². The van der Waals surface area contributed by atoms with Gasteiger partial charge in [-0.3, -0.25) is 4.90 Å². The summed E-state index contributed by atoms with van der Waals surface area (Å²) in [4.78, 5) is 14.7. The van der Waals surface area contributed by atoms with Crippen LogP contribution in [-0.2, 0) is 17.0 Å². The second kappa shape index (κ2) is 8.27. The Hall–Kier alpha value is -1.47. The average Bonchev–Trinajstić information content (AvgIpc) is 2.95. The number of ether oxygens (including phenoxy) is 1. The van der Waals surface area contributed by atoms with E-state index in [0.29, 0.717) is 0 Å². The van der Waals surface area contributed by atoms with Crippen LogP contribution in [0.15, 0.2) is 29.3 Å². The topological polar surface area (TPSA) is 38.2 Å². The minimum absolute atomic E-state index is 0.799. The molecule has 0 amide bonds. The number of hydrogen-bond donors (Lipinski definition) is 0. The number of aryl methyl sites for hydroxylation is 3. The summed E-state index contributed by atoms with van der Waals surface area (Å²) >= 11 is 3.61. The lowest BCUT2D eigenvalue weighted by Gasteiger charge is -2.25. The maximum absolute atomic E-state index is 5.46. The molecule has 4 rings (SSSR count). The zero-order chi connectivity index (χ0) is 18.8. The summed E-state index contributed by atoms with van der Waals surface area (Å²) in [5.41, 5.74) is 3.96. The molecule has 1 aromatic carbocycles. The van der Waals surface area contributed by atoms with E-state index in [2.05, 4.69) is 49.9 Å². The van der Waals surface area contributed by atoms with Gasteiger partial charge in [-0.25, -0.2) is 9.97 Å². The molecule has 0 unspecified atom stereocenters. The highest BCUT2D eigenvalue weighted by molar-refractivity contribution is 7.98. The quantitative estimate of drug-likeness (QED) is 0.458. The van der Waals surface area contributed by atoms with Crippen molar-refractivity contribution in [3.05, 3.63) is 51.7 Å². The third-order valence-electron chi connectivity index (χ3n) is 4.97. The Morgan fingerprint density at radius 2 is 1.96 bits per heavy atom. The van der Waals surface area contributed by atoms with E-state index >= 15 is 0 Å². The van der Waals surface area contributed by atoms with E-state index in [0.717, 1.165) is 54.3 Å². The number of benzene rings is 1. The fourth-order valence-electron chi connectivity index (χ4n) is 3.34. The molecule has 3 aromatic rings. The molecular weight excluding hydrogens is 374 g/mol. The molecule has 0 atom stereocenters. The van der Waals surface area contributed by atoms with Gasteiger partial charge >= 0.3 is 0 Å². The van der Waals surface area contributed by atoms with Crippen molar-refractivity contribution in [2.24, 2.45) is 0 Å². The molecule has 1 saturated heterocycles. The van der Waals surface area contributed by atoms with E-state index in [9.17, 15) is 0 Å². The van der Waals surface area contributed by atoms with Gasteiger partial charge in [-0.2, -0.15) is 0 Å². The summed E-state index contributed by atoms with van der Waals surface area (Å²) in [5.74, 6) is 1.86. The molecule has 6 heteroatoms. The molecule has 1 aliphatic rings. The van der Waals surface area contributed by atoms with E-state index in [4.69, 9.17) is 14.7 Å². The van der Waals surface area contributed by atoms with E-state index in [1.54, 1.807) is 11.3 Å². The lowest BCUT2D eigenvalue weighted by Crippen LogP contribution is -2.36. The monoisotopic (exact) mass is 399 g/mol. The van der Waals surface area contributed by atoms with Gasteiger partial charge in [-0.15, -0.1) is 23.1 Å². The second-order valence-electron chi connectivity index (χ2n) is 7.07. The van der Waals surface area contributed by atoms with E-state index < -0.39 is 0 Å². The maximum atomic E-state index is 5.46. The van der Waals surface area contributed by atoms with Crippen LogP contribution in [0, 0.1) is 20.8 Å². The largest absolute Gasteiger partial charge is 0.379 e. The van der Waals surface area contributed by atoms with Crippen LogP contribution >= 0.6 is 23.1 Å². The van der Waals surface area contributed by atoms with Crippen LogP contribution in [0.25, 0.3) is 10.2 Å². The lowest BCUT2D eigenvalue weighted by atomic mass is 10.2. The van der Waals surface area contributed by atoms with Crippen LogP contribution in [0.3, 0.4) is 0 Å². The third kappa shape index (κ3) is 4.35. The number of aromatic nitrogens is 2. The number of rotatable bonds is 5. The summed E-state index contributed by atoms with van der Waals surface area (Å²) in [7, 11) is 0. The standard InChI is InChI=1S/C21H25N3OS2/c1-14-5-4-6-17(11-14)13-26-20-19-15(2)16(3)27-21(19)23-18(22-20)12-24-7-9-25-10-8-24/h4-6,11H,7-10,12-13H2,1-3H3. The number of nitrogens with zero attached hydrogens (tertiary/aromatic N) is 3. The van der Waals surface area contributed by atoms with E-state index in [-0.39, 0.29) is 0 Å². The van der Waals surface area contributed by atoms with Crippen molar-refractivity contribution in [2.45, 2.75) is 38.1 Å². The molecule has 1 fully saturated rings. The Bertz CT molecular complexity index is 948. The van der Waals surface area contributed by atoms with Crippen LogP contribution in [-0.4, -0.2) is 41.2 Å². The first kappa shape index (κ1) is 18.9. The number of thiophene rings is 1. The number of fused-ring (bicyclic) bond motifs is 1. The minimum Gasteiger partial charge on any atom is -0.379 e. The summed E-state index contributed by atoms with van der Waals surface area (Å²) in [6.07, 6.45) is 0. The predicted octanol–water partition coefficient (Wildman–Crippen LogP) is 4.74. The van der Waals surface area contributed by atoms with Crippen molar-refractivity contribution < 1.29 is 4.74 Å². The summed E-state index contributed by atoms with van der Waals surface area (Å²) in [6.45, 7) is 10.8. The third-order valence-corrected chi connectivity index (χ3v) is 7.12. The molecule has 0 N–H and O–H groups in total. The second-order valence-corrected chi connectivity index (χ2v) is 9.24. The average molecular weight is 400 g/mol. The first-order valence-electron chi connectivity index (χ1n) is 9.35. The fourth-order valence-corrected chi connectivity index (χ4v) is 5.50. The Kier molecular flexibility index (Phi) is 5.78. The van der Waals surface area contributed by atoms with Crippen molar-refractivity contribution in [3.8, 4) is 0 Å². The molecule has 3 heterocycles. The first-order valence-corrected chi connectivity index (χ1v) is 11.2. The first-order chi connectivity index (χ1) is 13.1. The zero-order valence-corrected chi connectivity index (χ0v) is 17.8. The fraction of sp³-hybridized carbons (Fsp3) is 0.429. The number of morpholine rings is 1. The smallest absolute Gasteiger partial charge is 0.145 e. The molecule has 27 heavy (non-hydrogen) atoms. The normalized spacial score (nSPS) is 15.5. The molecule has 0 radical (unpaired) electrons. The maximum Gasteiger partial charge on any atom is 0.145 e. The molecule has 0 spiro atoms. The Labute approximate surface area is 169 Å². The highest BCUT2D eigenvalue weighted by Crippen LogP contribution is 2.36. The molecule has 0 saturated carbocycles. The molecule has 0 aliphatic carbocycles. The van der Waals surface area contributed by atoms with Crippen molar-refractivity contribution >= 4 is 33.3 Å². The molecule has 1 aliphatic heterocycles. The lowest BCUT2D eigenvalue weighted by molar-refractivity contribution is 0.0330. The number of thioether (sulfide) groups is 1. The van der Waals surface area contributed by atoms with Gasteiger partial charge < -0.3 is 4.74 Å². The van der Waals surface area contributed by atoms with Gasteiger partial charge in [0.25, 0.3) is 0 Å². The SMILES string of the molecule is Cc1cccc(CSc2nc(CN3CCOCC3)nc3sc(C)c(C)c23)c1. The van der Waals surface area contributed by atoms with Crippen LogP contribution in [0.4, 0.5) is 0 Å². The van der Waals surface area contributed by atoms with Crippen molar-refractivity contribution in [1.29, 1.82) is 0 Å². The Morgan fingerprint density at radius 3 is 2.74 bits per heavy atom. The van der Waals surface area contributed by atoms with Crippen LogP contribution < -0.4 is 0 Å². The Balaban J connectivity index is 1.63. The highest BCUT2D eigenvalue weighted by Gasteiger charge is 2.18.